The molecule has 0 fully saturated rings. The fourth-order valence-electron chi connectivity index (χ4n) is 1.54. The van der Waals surface area contributed by atoms with Gasteiger partial charge in [0.15, 0.2) is 0 Å². The van der Waals surface area contributed by atoms with Crippen LogP contribution in [0, 0.1) is 6.92 Å². The minimum absolute atomic E-state index is 0.702. The monoisotopic (exact) mass is 175 g/mol. The third-order valence-electron chi connectivity index (χ3n) is 2.28. The Balaban J connectivity index is 2.80. The van der Waals surface area contributed by atoms with Crippen LogP contribution in [0.5, 0.6) is 0 Å². The molecule has 0 aliphatic rings. The van der Waals surface area contributed by atoms with Gasteiger partial charge in [0.2, 0.25) is 0 Å². The van der Waals surface area contributed by atoms with E-state index >= 15 is 0 Å². The average Bonchev–Trinajstić information content (AvgIpc) is 2.48. The number of fused-ring (bicyclic) bond motifs is 1. The van der Waals surface area contributed by atoms with Gasteiger partial charge < -0.3 is 5.73 Å². The molecule has 0 amide bonds. The Morgan fingerprint density at radius 2 is 2.31 bits per heavy atom. The molecule has 0 spiro atoms. The first kappa shape index (κ1) is 8.10. The number of nitrogens with zero attached hydrogens (tertiary/aromatic N) is 2. The van der Waals surface area contributed by atoms with Crippen LogP contribution < -0.4 is 5.73 Å². The number of nitrogens with two attached hydrogens (primary N) is 1. The van der Waals surface area contributed by atoms with Gasteiger partial charge in [-0.15, -0.1) is 0 Å². The fraction of sp³-hybridized carbons (Fsp3) is 0.300. The summed E-state index contributed by atoms with van der Waals surface area (Å²) in [6, 6.07) is 2.15. The van der Waals surface area contributed by atoms with Gasteiger partial charge in [-0.05, 0) is 24.5 Å². The van der Waals surface area contributed by atoms with E-state index in [1.807, 2.05) is 10.6 Å². The van der Waals surface area contributed by atoms with E-state index in [-0.39, 0.29) is 0 Å². The summed E-state index contributed by atoms with van der Waals surface area (Å²) in [5.41, 5.74) is 9.19. The summed E-state index contributed by atoms with van der Waals surface area (Å²) in [4.78, 5) is 4.23. The Labute approximate surface area is 77.2 Å². The van der Waals surface area contributed by atoms with Gasteiger partial charge in [0.1, 0.15) is 11.5 Å². The molecule has 2 heterocycles. The quantitative estimate of drug-likeness (QED) is 0.718. The summed E-state index contributed by atoms with van der Waals surface area (Å²) in [6.45, 7) is 4.19. The summed E-state index contributed by atoms with van der Waals surface area (Å²) in [5, 5.41) is 0. The molecule has 0 saturated carbocycles. The molecule has 2 rings (SSSR count). The van der Waals surface area contributed by atoms with Crippen LogP contribution in [-0.4, -0.2) is 9.38 Å². The lowest BCUT2D eigenvalue weighted by atomic mass is 10.2. The molecule has 0 saturated heterocycles. The van der Waals surface area contributed by atoms with E-state index in [0.29, 0.717) is 5.82 Å². The van der Waals surface area contributed by atoms with Crippen molar-refractivity contribution in [1.82, 2.24) is 9.38 Å². The predicted octanol–water partition coefficient (Wildman–Crippen LogP) is 1.79. The summed E-state index contributed by atoms with van der Waals surface area (Å²) >= 11 is 0. The Morgan fingerprint density at radius 1 is 1.54 bits per heavy atom. The smallest absolute Gasteiger partial charge is 0.141 e. The minimum atomic E-state index is 0.702. The van der Waals surface area contributed by atoms with Crippen LogP contribution in [0.2, 0.25) is 0 Å². The third kappa shape index (κ3) is 1.16. The third-order valence-corrected chi connectivity index (χ3v) is 2.28. The Hall–Kier alpha value is -1.51. The van der Waals surface area contributed by atoms with E-state index in [0.717, 1.165) is 12.1 Å². The topological polar surface area (TPSA) is 43.3 Å². The van der Waals surface area contributed by atoms with Gasteiger partial charge >= 0.3 is 0 Å². The molecule has 0 bridgehead atoms. The highest BCUT2D eigenvalue weighted by Crippen LogP contribution is 2.15. The van der Waals surface area contributed by atoms with Crippen molar-refractivity contribution in [2.75, 3.05) is 5.73 Å². The van der Waals surface area contributed by atoms with Crippen molar-refractivity contribution in [3.8, 4) is 0 Å². The number of aromatic nitrogens is 2. The van der Waals surface area contributed by atoms with E-state index in [1.165, 1.54) is 11.1 Å². The molecule has 0 aliphatic carbocycles. The van der Waals surface area contributed by atoms with Gasteiger partial charge in [0.05, 0.1) is 6.20 Å². The van der Waals surface area contributed by atoms with Crippen molar-refractivity contribution in [2.24, 2.45) is 0 Å². The van der Waals surface area contributed by atoms with Gasteiger partial charge in [-0.2, -0.15) is 0 Å². The summed E-state index contributed by atoms with van der Waals surface area (Å²) in [6.07, 6.45) is 4.76. The highest BCUT2D eigenvalue weighted by molar-refractivity contribution is 5.54. The van der Waals surface area contributed by atoms with E-state index in [4.69, 9.17) is 5.73 Å². The molecule has 13 heavy (non-hydrogen) atoms. The zero-order valence-electron chi connectivity index (χ0n) is 7.91. The Kier molecular flexibility index (Phi) is 1.72. The maximum atomic E-state index is 5.77. The van der Waals surface area contributed by atoms with Gasteiger partial charge in [0, 0.05) is 6.20 Å². The van der Waals surface area contributed by atoms with Gasteiger partial charge in [-0.25, -0.2) is 4.98 Å². The maximum Gasteiger partial charge on any atom is 0.141 e. The number of rotatable bonds is 1. The second-order valence-electron chi connectivity index (χ2n) is 3.26. The van der Waals surface area contributed by atoms with E-state index in [2.05, 4.69) is 24.9 Å². The number of pyridine rings is 1. The molecule has 2 aromatic heterocycles. The van der Waals surface area contributed by atoms with Gasteiger partial charge in [-0.3, -0.25) is 4.40 Å². The van der Waals surface area contributed by atoms with Crippen molar-refractivity contribution < 1.29 is 0 Å². The lowest BCUT2D eigenvalue weighted by Gasteiger charge is -2.03. The summed E-state index contributed by atoms with van der Waals surface area (Å²) < 4.78 is 1.94. The van der Waals surface area contributed by atoms with Crippen LogP contribution in [0.3, 0.4) is 0 Å². The van der Waals surface area contributed by atoms with Crippen LogP contribution >= 0.6 is 0 Å². The lowest BCUT2D eigenvalue weighted by Crippen LogP contribution is -1.96. The zero-order chi connectivity index (χ0) is 9.42. The molecule has 3 nitrogen and oxygen atoms in total. The first-order valence-corrected chi connectivity index (χ1v) is 4.44. The molecular formula is C10H13N3. The van der Waals surface area contributed by atoms with E-state index in [1.54, 1.807) is 6.20 Å². The number of nitrogen functional groups attached to an aromatic ring is 1. The Morgan fingerprint density at radius 3 is 3.00 bits per heavy atom. The average molecular weight is 175 g/mol. The van der Waals surface area contributed by atoms with Gasteiger partial charge in [0.25, 0.3) is 0 Å². The number of hydrogen-bond donors (Lipinski definition) is 1. The number of imidazole rings is 1. The zero-order valence-corrected chi connectivity index (χ0v) is 7.91. The van der Waals surface area contributed by atoms with Crippen molar-refractivity contribution in [2.45, 2.75) is 20.3 Å². The second kappa shape index (κ2) is 2.76. The normalized spacial score (nSPS) is 10.9. The molecule has 0 unspecified atom stereocenters. The number of aryl methyl sites for hydroxylation is 2. The predicted molar refractivity (Wildman–Crippen MR) is 53.7 cm³/mol. The molecule has 0 aromatic carbocycles. The van der Waals surface area contributed by atoms with Crippen molar-refractivity contribution in [3.05, 3.63) is 29.6 Å². The fourth-order valence-corrected chi connectivity index (χ4v) is 1.54. The van der Waals surface area contributed by atoms with Crippen molar-refractivity contribution in [1.29, 1.82) is 0 Å². The molecule has 3 heteroatoms. The molecule has 0 radical (unpaired) electrons. The van der Waals surface area contributed by atoms with Crippen molar-refractivity contribution >= 4 is 11.5 Å². The van der Waals surface area contributed by atoms with E-state index in [9.17, 15) is 0 Å². The molecule has 0 atom stereocenters. The minimum Gasteiger partial charge on any atom is -0.383 e. The van der Waals surface area contributed by atoms with Crippen LogP contribution in [0.25, 0.3) is 5.65 Å². The maximum absolute atomic E-state index is 5.77. The molecule has 68 valence electrons. The first-order chi connectivity index (χ1) is 6.22. The van der Waals surface area contributed by atoms with Crippen molar-refractivity contribution in [3.63, 3.8) is 0 Å². The van der Waals surface area contributed by atoms with Crippen LogP contribution in [0.15, 0.2) is 18.5 Å². The van der Waals surface area contributed by atoms with Crippen LogP contribution in [0.1, 0.15) is 18.1 Å². The standard InChI is InChI=1S/C10H13N3/c1-3-8-4-7(2)10-12-5-9(11)13(10)6-8/h4-6H,3,11H2,1-2H3. The Bertz CT molecular complexity index is 443. The van der Waals surface area contributed by atoms with Crippen LogP contribution in [0.4, 0.5) is 5.82 Å². The highest BCUT2D eigenvalue weighted by atomic mass is 15.1. The highest BCUT2D eigenvalue weighted by Gasteiger charge is 2.03. The number of hydrogen-bond acceptors (Lipinski definition) is 2. The largest absolute Gasteiger partial charge is 0.383 e. The molecule has 2 N–H and O–H groups in total. The van der Waals surface area contributed by atoms with Crippen LogP contribution in [-0.2, 0) is 6.42 Å². The number of anilines is 1. The first-order valence-electron chi connectivity index (χ1n) is 4.44. The van der Waals surface area contributed by atoms with Gasteiger partial charge in [-0.1, -0.05) is 13.0 Å². The molecular weight excluding hydrogens is 162 g/mol. The summed E-state index contributed by atoms with van der Waals surface area (Å²) in [7, 11) is 0. The summed E-state index contributed by atoms with van der Waals surface area (Å²) in [5.74, 6) is 0.702. The molecule has 0 aliphatic heterocycles. The SMILES string of the molecule is CCc1cc(C)c2ncc(N)n2c1. The lowest BCUT2D eigenvalue weighted by molar-refractivity contribution is 1.06. The van der Waals surface area contributed by atoms with E-state index < -0.39 is 0 Å². The molecule has 2 aromatic rings. The second-order valence-corrected chi connectivity index (χ2v) is 3.26.